The molecule has 0 unspecified atom stereocenters. The van der Waals surface area contributed by atoms with Crippen molar-refractivity contribution in [1.82, 2.24) is 0 Å². The Bertz CT molecular complexity index is 879. The molecule has 5 nitrogen and oxygen atoms in total. The van der Waals surface area contributed by atoms with Crippen LogP contribution in [0.25, 0.3) is 0 Å². The van der Waals surface area contributed by atoms with Crippen LogP contribution in [0.4, 0.5) is 25.8 Å². The van der Waals surface area contributed by atoms with Crippen LogP contribution in [0.5, 0.6) is 0 Å². The summed E-state index contributed by atoms with van der Waals surface area (Å²) in [4.78, 5) is 0. The first-order valence-corrected chi connectivity index (χ1v) is 9.99. The fourth-order valence-electron chi connectivity index (χ4n) is 2.62. The summed E-state index contributed by atoms with van der Waals surface area (Å²) in [5.74, 6) is -2.14. The minimum absolute atomic E-state index is 0.0372. The molecule has 1 aliphatic heterocycles. The molecule has 25 heavy (non-hydrogen) atoms. The van der Waals surface area contributed by atoms with Gasteiger partial charge in [-0.15, -0.1) is 0 Å². The van der Waals surface area contributed by atoms with Gasteiger partial charge in [0.1, 0.15) is 0 Å². The van der Waals surface area contributed by atoms with Crippen LogP contribution in [0.1, 0.15) is 0 Å². The zero-order valence-electron chi connectivity index (χ0n) is 13.0. The van der Waals surface area contributed by atoms with Crippen molar-refractivity contribution < 1.29 is 21.9 Å². The monoisotopic (exact) mass is 432 g/mol. The number of rotatable bonds is 6. The topological polar surface area (TPSA) is 49.9 Å². The van der Waals surface area contributed by atoms with Gasteiger partial charge in [0.05, 0.1) is 36.8 Å². The van der Waals surface area contributed by atoms with Crippen LogP contribution in [0.2, 0.25) is 0 Å². The second kappa shape index (κ2) is 7.27. The molecule has 0 amide bonds. The fraction of sp³-hybridized carbons (Fsp3) is 0.250. The molecule has 2 aromatic rings. The van der Waals surface area contributed by atoms with Crippen molar-refractivity contribution in [2.24, 2.45) is 0 Å². The number of hydrogen-bond donors (Lipinski definition) is 0. The third kappa shape index (κ3) is 3.36. The van der Waals surface area contributed by atoms with Gasteiger partial charge in [-0.25, -0.2) is 17.4 Å². The molecule has 0 saturated carbocycles. The first-order valence-electron chi connectivity index (χ1n) is 7.47. The third-order valence-corrected chi connectivity index (χ3v) is 5.81. The largest absolute Gasteiger partial charge is 0.379 e. The van der Waals surface area contributed by atoms with Gasteiger partial charge in [-0.1, -0.05) is 28.1 Å². The molecule has 0 bridgehead atoms. The number of fused-ring (bicyclic) bond motifs is 1. The molecular formula is C16H15BrF2N2O3S. The van der Waals surface area contributed by atoms with Gasteiger partial charge in [0.15, 0.2) is 11.6 Å². The lowest BCUT2D eigenvalue weighted by atomic mass is 10.2. The van der Waals surface area contributed by atoms with Crippen molar-refractivity contribution in [3.63, 3.8) is 0 Å². The van der Waals surface area contributed by atoms with Crippen molar-refractivity contribution in [3.8, 4) is 0 Å². The third-order valence-electron chi connectivity index (χ3n) is 3.68. The predicted molar refractivity (Wildman–Crippen MR) is 95.8 cm³/mol. The molecular weight excluding hydrogens is 418 g/mol. The highest BCUT2D eigenvalue weighted by atomic mass is 79.9. The highest BCUT2D eigenvalue weighted by molar-refractivity contribution is 9.09. The Labute approximate surface area is 153 Å². The number of alkyl halides is 1. The molecule has 0 saturated heterocycles. The molecule has 0 aromatic heterocycles. The molecule has 2 aromatic carbocycles. The lowest BCUT2D eigenvalue weighted by molar-refractivity contribution is 0.159. The van der Waals surface area contributed by atoms with Crippen LogP contribution in [0, 0.1) is 11.6 Å². The minimum atomic E-state index is -3.97. The molecule has 9 heteroatoms. The Morgan fingerprint density at radius 2 is 1.72 bits per heavy atom. The zero-order valence-corrected chi connectivity index (χ0v) is 15.4. The van der Waals surface area contributed by atoms with E-state index in [9.17, 15) is 17.2 Å². The van der Waals surface area contributed by atoms with E-state index in [1.54, 1.807) is 24.3 Å². The van der Waals surface area contributed by atoms with E-state index in [0.29, 0.717) is 23.3 Å². The summed E-state index contributed by atoms with van der Waals surface area (Å²) in [6, 6.07) is 9.70. The van der Waals surface area contributed by atoms with Gasteiger partial charge in [-0.2, -0.15) is 8.42 Å². The van der Waals surface area contributed by atoms with E-state index in [4.69, 9.17) is 4.74 Å². The first kappa shape index (κ1) is 18.1. The van der Waals surface area contributed by atoms with Crippen LogP contribution in [-0.2, 0) is 14.9 Å². The molecule has 1 heterocycles. The molecule has 0 atom stereocenters. The lowest BCUT2D eigenvalue weighted by Gasteiger charge is -2.21. The summed E-state index contributed by atoms with van der Waals surface area (Å²) >= 11 is 3.23. The summed E-state index contributed by atoms with van der Waals surface area (Å²) in [6.07, 6.45) is 0. The summed E-state index contributed by atoms with van der Waals surface area (Å²) in [6.45, 7) is 0.791. The Hall–Kier alpha value is -1.71. The Kier molecular flexibility index (Phi) is 5.26. The minimum Gasteiger partial charge on any atom is -0.379 e. The van der Waals surface area contributed by atoms with E-state index >= 15 is 0 Å². The Balaban J connectivity index is 2.00. The second-order valence-corrected chi connectivity index (χ2v) is 7.73. The van der Waals surface area contributed by atoms with Gasteiger partial charge in [-0.05, 0) is 24.3 Å². The summed E-state index contributed by atoms with van der Waals surface area (Å²) in [5.41, 5.74) is 0.888. The Morgan fingerprint density at radius 1 is 1.00 bits per heavy atom. The number of halogens is 3. The lowest BCUT2D eigenvalue weighted by Crippen LogP contribution is -2.37. The SMILES string of the molecule is O=S1(=O)N(CCOCCBr)c2ccccc2N1c1ccc(F)c(F)c1. The average molecular weight is 433 g/mol. The fourth-order valence-corrected chi connectivity index (χ4v) is 4.53. The van der Waals surface area contributed by atoms with E-state index in [1.165, 1.54) is 10.4 Å². The molecule has 3 rings (SSSR count). The molecule has 0 fully saturated rings. The Morgan fingerprint density at radius 3 is 2.40 bits per heavy atom. The maximum Gasteiger partial charge on any atom is 0.331 e. The summed E-state index contributed by atoms with van der Waals surface area (Å²) < 4.78 is 60.4. The van der Waals surface area contributed by atoms with Gasteiger partial charge in [-0.3, -0.25) is 0 Å². The standard InChI is InChI=1S/C16H15BrF2N2O3S/c17-7-9-24-10-8-20-15-3-1-2-4-16(15)21(25(20,22)23)12-5-6-13(18)14(19)11-12/h1-6,11H,7-10H2. The number of hydrogen-bond acceptors (Lipinski definition) is 3. The molecule has 0 N–H and O–H groups in total. The van der Waals surface area contributed by atoms with Crippen molar-refractivity contribution in [2.45, 2.75) is 0 Å². The van der Waals surface area contributed by atoms with Crippen LogP contribution in [0.15, 0.2) is 42.5 Å². The maximum atomic E-state index is 13.6. The van der Waals surface area contributed by atoms with Crippen LogP contribution >= 0.6 is 15.9 Å². The van der Waals surface area contributed by atoms with Crippen molar-refractivity contribution >= 4 is 43.2 Å². The quantitative estimate of drug-likeness (QED) is 0.517. The maximum absolute atomic E-state index is 13.6. The van der Waals surface area contributed by atoms with Gasteiger partial charge in [0, 0.05) is 11.4 Å². The predicted octanol–water partition coefficient (Wildman–Crippen LogP) is 3.58. The zero-order chi connectivity index (χ0) is 18.0. The van der Waals surface area contributed by atoms with Gasteiger partial charge < -0.3 is 4.74 Å². The van der Waals surface area contributed by atoms with Crippen LogP contribution in [-0.4, -0.2) is 33.5 Å². The van der Waals surface area contributed by atoms with Crippen molar-refractivity contribution in [3.05, 3.63) is 54.1 Å². The van der Waals surface area contributed by atoms with E-state index < -0.39 is 21.8 Å². The number of benzene rings is 2. The van der Waals surface area contributed by atoms with Crippen LogP contribution < -0.4 is 8.61 Å². The highest BCUT2D eigenvalue weighted by Crippen LogP contribution is 2.45. The molecule has 0 spiro atoms. The summed E-state index contributed by atoms with van der Waals surface area (Å²) in [5, 5.41) is 0.650. The summed E-state index contributed by atoms with van der Waals surface area (Å²) in [7, 11) is -3.97. The molecule has 1 aliphatic rings. The van der Waals surface area contributed by atoms with Gasteiger partial charge in [0.2, 0.25) is 0 Å². The number of nitrogens with zero attached hydrogens (tertiary/aromatic N) is 2. The van der Waals surface area contributed by atoms with Gasteiger partial charge >= 0.3 is 10.2 Å². The average Bonchev–Trinajstić information content (AvgIpc) is 2.81. The van der Waals surface area contributed by atoms with E-state index in [-0.39, 0.29) is 18.8 Å². The molecule has 0 radical (unpaired) electrons. The molecule has 0 aliphatic carbocycles. The van der Waals surface area contributed by atoms with Crippen molar-refractivity contribution in [2.75, 3.05) is 33.7 Å². The molecule has 134 valence electrons. The normalized spacial score (nSPS) is 15.5. The number of anilines is 3. The van der Waals surface area contributed by atoms with Crippen molar-refractivity contribution in [1.29, 1.82) is 0 Å². The van der Waals surface area contributed by atoms with E-state index in [2.05, 4.69) is 15.9 Å². The van der Waals surface area contributed by atoms with E-state index in [1.807, 2.05) is 0 Å². The van der Waals surface area contributed by atoms with E-state index in [0.717, 1.165) is 16.4 Å². The number of para-hydroxylation sites is 2. The smallest absolute Gasteiger partial charge is 0.331 e. The van der Waals surface area contributed by atoms with Gasteiger partial charge in [0.25, 0.3) is 0 Å². The highest BCUT2D eigenvalue weighted by Gasteiger charge is 2.41. The first-order chi connectivity index (χ1) is 12.0. The second-order valence-electron chi connectivity index (χ2n) is 5.23. The number of ether oxygens (including phenoxy) is 1. The van der Waals surface area contributed by atoms with Crippen LogP contribution in [0.3, 0.4) is 0 Å².